The van der Waals surface area contributed by atoms with Crippen molar-refractivity contribution in [2.75, 3.05) is 26.6 Å². The van der Waals surface area contributed by atoms with E-state index >= 15 is 0 Å². The van der Waals surface area contributed by atoms with Crippen molar-refractivity contribution < 1.29 is 52.8 Å². The number of aliphatic hydroxyl groups is 1. The largest absolute Gasteiger partial charge is 0.462 e. The van der Waals surface area contributed by atoms with Crippen LogP contribution in [-0.2, 0) is 54.2 Å². The van der Waals surface area contributed by atoms with Crippen LogP contribution < -0.4 is 5.32 Å². The van der Waals surface area contributed by atoms with Crippen molar-refractivity contribution in [3.05, 3.63) is 41.5 Å². The number of fused-ring (bicyclic) bond motifs is 4. The molecule has 13 heteroatoms. The van der Waals surface area contributed by atoms with Crippen LogP contribution in [0.15, 0.2) is 30.3 Å². The molecular weight excluding hydrogens is 540 g/mol. The predicted molar refractivity (Wildman–Crippen MR) is 136 cm³/mol. The highest BCUT2D eigenvalue weighted by atomic mass is 16.8. The van der Waals surface area contributed by atoms with Gasteiger partial charge in [-0.2, -0.15) is 5.06 Å². The molecule has 1 aromatic carbocycles. The number of hydroxylamine groups is 2. The zero-order valence-electron chi connectivity index (χ0n) is 22.6. The number of amides is 1. The van der Waals surface area contributed by atoms with E-state index in [1.807, 2.05) is 0 Å². The van der Waals surface area contributed by atoms with Gasteiger partial charge in [0.05, 0.1) is 13.2 Å². The molecule has 4 heterocycles. The van der Waals surface area contributed by atoms with Crippen LogP contribution in [0.3, 0.4) is 0 Å². The van der Waals surface area contributed by atoms with Crippen LogP contribution >= 0.6 is 0 Å². The van der Waals surface area contributed by atoms with Gasteiger partial charge in [-0.3, -0.25) is 14.4 Å². The molecule has 5 fully saturated rings. The summed E-state index contributed by atoms with van der Waals surface area (Å²) in [7, 11) is 0. The molecule has 220 valence electrons. The van der Waals surface area contributed by atoms with Gasteiger partial charge < -0.3 is 34.1 Å². The van der Waals surface area contributed by atoms with Gasteiger partial charge in [0.2, 0.25) is 12.0 Å². The smallest absolute Gasteiger partial charge is 0.348 e. The summed E-state index contributed by atoms with van der Waals surface area (Å²) in [6.07, 6.45) is -0.497. The fraction of sp³-hybridized carbons (Fsp3) is 0.571. The number of carbonyl (C=O) groups is 4. The Morgan fingerprint density at radius 3 is 2.61 bits per heavy atom. The average molecular weight is 573 g/mol. The first-order chi connectivity index (χ1) is 19.6. The number of benzene rings is 1. The summed E-state index contributed by atoms with van der Waals surface area (Å²) >= 11 is 0. The van der Waals surface area contributed by atoms with E-state index in [0.29, 0.717) is 5.56 Å². The molecule has 1 aromatic rings. The van der Waals surface area contributed by atoms with Crippen molar-refractivity contribution in [2.24, 2.45) is 10.8 Å². The van der Waals surface area contributed by atoms with E-state index in [4.69, 9.17) is 28.5 Å². The van der Waals surface area contributed by atoms with Crippen molar-refractivity contribution in [2.45, 2.75) is 63.4 Å². The Morgan fingerprint density at radius 2 is 1.90 bits per heavy atom. The lowest BCUT2D eigenvalue weighted by molar-refractivity contribution is -0.201. The van der Waals surface area contributed by atoms with E-state index in [2.05, 4.69) is 5.32 Å². The molecule has 0 radical (unpaired) electrons. The second kappa shape index (κ2) is 10.5. The maximum Gasteiger partial charge on any atom is 0.348 e. The van der Waals surface area contributed by atoms with Crippen molar-refractivity contribution in [1.82, 2.24) is 10.4 Å². The minimum Gasteiger partial charge on any atom is -0.462 e. The fourth-order valence-corrected chi connectivity index (χ4v) is 6.34. The third-order valence-electron chi connectivity index (χ3n) is 8.37. The molecule has 7 atom stereocenters. The van der Waals surface area contributed by atoms with Gasteiger partial charge in [0.25, 0.3) is 0 Å². The van der Waals surface area contributed by atoms with Crippen molar-refractivity contribution in [3.8, 4) is 0 Å². The third-order valence-corrected chi connectivity index (χ3v) is 8.37. The monoisotopic (exact) mass is 572 g/mol. The van der Waals surface area contributed by atoms with Crippen LogP contribution in [0.25, 0.3) is 6.08 Å². The summed E-state index contributed by atoms with van der Waals surface area (Å²) in [5.74, 6) is -2.20. The second-order valence-electron chi connectivity index (χ2n) is 11.6. The van der Waals surface area contributed by atoms with E-state index in [1.54, 1.807) is 44.2 Å². The molecule has 0 aromatic heterocycles. The summed E-state index contributed by atoms with van der Waals surface area (Å²) in [6, 6.07) is 6.15. The molecule has 2 bridgehead atoms. The Morgan fingerprint density at radius 1 is 1.15 bits per heavy atom. The summed E-state index contributed by atoms with van der Waals surface area (Å²) < 4.78 is 27.5. The molecule has 1 aliphatic carbocycles. The van der Waals surface area contributed by atoms with E-state index in [0.717, 1.165) is 5.56 Å². The number of hydrogen-bond acceptors (Lipinski definition) is 12. The van der Waals surface area contributed by atoms with E-state index in [9.17, 15) is 24.3 Å². The molecule has 6 rings (SSSR count). The Hall–Kier alpha value is -3.36. The molecule has 13 nitrogen and oxygen atoms in total. The number of hydrogen-bond donors (Lipinski definition) is 2. The number of ether oxygens (including phenoxy) is 5. The number of carbonyl (C=O) groups excluding carboxylic acids is 4. The van der Waals surface area contributed by atoms with Crippen molar-refractivity contribution in [1.29, 1.82) is 0 Å². The lowest BCUT2D eigenvalue weighted by atomic mass is 9.62. The molecule has 0 spiro atoms. The number of nitrogens with one attached hydrogen (secondary N) is 1. The SMILES string of the molecule is CC1(C)COC(=O)C1OC(=O)C=Cc1ccc(CN2OC3C4OCOC4C4CC3(C(=O)NCCO)C2C(=O)O4)cc1. The molecule has 4 saturated heterocycles. The van der Waals surface area contributed by atoms with Gasteiger partial charge in [-0.25, -0.2) is 9.59 Å². The van der Waals surface area contributed by atoms with Crippen LogP contribution in [0, 0.1) is 10.8 Å². The highest BCUT2D eigenvalue weighted by molar-refractivity contribution is 5.93. The lowest BCUT2D eigenvalue weighted by Gasteiger charge is -2.48. The predicted octanol–water partition coefficient (Wildman–Crippen LogP) is -0.155. The van der Waals surface area contributed by atoms with Gasteiger partial charge >= 0.3 is 17.9 Å². The normalized spacial score (nSPS) is 35.2. The summed E-state index contributed by atoms with van der Waals surface area (Å²) in [5.41, 5.74) is -0.388. The Kier molecular flexibility index (Phi) is 7.10. The lowest BCUT2D eigenvalue weighted by Crippen LogP contribution is -2.69. The molecule has 7 unspecified atom stereocenters. The summed E-state index contributed by atoms with van der Waals surface area (Å²) in [4.78, 5) is 57.2. The fourth-order valence-electron chi connectivity index (χ4n) is 6.34. The summed E-state index contributed by atoms with van der Waals surface area (Å²) in [6.45, 7) is 3.73. The van der Waals surface area contributed by atoms with E-state index in [-0.39, 0.29) is 39.5 Å². The van der Waals surface area contributed by atoms with Gasteiger partial charge in [-0.1, -0.05) is 38.1 Å². The minimum absolute atomic E-state index is 0.00722. The maximum atomic E-state index is 13.5. The molecule has 1 amide bonds. The van der Waals surface area contributed by atoms with Gasteiger partial charge in [-0.15, -0.1) is 0 Å². The topological polar surface area (TPSA) is 159 Å². The first kappa shape index (κ1) is 27.8. The standard InChI is InChI=1S/C28H32N2O11/c1-27(2)13-36-25(34)23(27)40-18(32)8-7-15-3-5-16(6-4-15)12-30-21-24(33)39-17-11-28(21,26(35)29-9-10-31)22(41-30)20-19(17)37-14-38-20/h3-8,17,19-23,31H,9-14H2,1-2H3,(H,29,35). The molecule has 2 N–H and O–H groups in total. The van der Waals surface area contributed by atoms with Gasteiger partial charge in [-0.05, 0) is 17.2 Å². The van der Waals surface area contributed by atoms with Crippen LogP contribution in [0.1, 0.15) is 31.4 Å². The van der Waals surface area contributed by atoms with Crippen LogP contribution in [-0.4, -0.2) is 97.1 Å². The van der Waals surface area contributed by atoms with Crippen molar-refractivity contribution >= 4 is 29.9 Å². The van der Waals surface area contributed by atoms with Crippen LogP contribution in [0.5, 0.6) is 0 Å². The van der Waals surface area contributed by atoms with Crippen LogP contribution in [0.4, 0.5) is 0 Å². The Labute approximate surface area is 235 Å². The molecule has 41 heavy (non-hydrogen) atoms. The quantitative estimate of drug-likeness (QED) is 0.241. The second-order valence-corrected chi connectivity index (χ2v) is 11.6. The number of rotatable bonds is 8. The van der Waals surface area contributed by atoms with Gasteiger partial charge in [0.1, 0.15) is 43.2 Å². The van der Waals surface area contributed by atoms with Gasteiger partial charge in [0.15, 0.2) is 6.04 Å². The average Bonchev–Trinajstić information content (AvgIpc) is 3.63. The minimum atomic E-state index is -1.27. The number of nitrogens with zero attached hydrogens (tertiary/aromatic N) is 1. The zero-order chi connectivity index (χ0) is 28.9. The van der Waals surface area contributed by atoms with Crippen molar-refractivity contribution in [3.63, 3.8) is 0 Å². The molecule has 5 aliphatic rings. The highest BCUT2D eigenvalue weighted by Crippen LogP contribution is 2.55. The number of cyclic esters (lactones) is 1. The first-order valence-electron chi connectivity index (χ1n) is 13.5. The molecule has 4 aliphatic heterocycles. The Balaban J connectivity index is 1.17. The molecule has 1 saturated carbocycles. The van der Waals surface area contributed by atoms with Gasteiger partial charge in [0, 0.05) is 24.5 Å². The Bertz CT molecular complexity index is 1260. The molecular formula is C28H32N2O11. The van der Waals surface area contributed by atoms with E-state index < -0.39 is 71.2 Å². The third kappa shape index (κ3) is 4.71. The van der Waals surface area contributed by atoms with Crippen LogP contribution in [0.2, 0.25) is 0 Å². The maximum absolute atomic E-state index is 13.5. The zero-order valence-corrected chi connectivity index (χ0v) is 22.6. The number of aliphatic hydroxyl groups excluding tert-OH is 1. The first-order valence-corrected chi connectivity index (χ1v) is 13.5. The highest BCUT2D eigenvalue weighted by Gasteiger charge is 2.74. The summed E-state index contributed by atoms with van der Waals surface area (Å²) in [5, 5.41) is 13.5. The van der Waals surface area contributed by atoms with E-state index in [1.165, 1.54) is 11.1 Å². The number of esters is 3.